The second-order valence-electron chi connectivity index (χ2n) is 5.06. The van der Waals surface area contributed by atoms with E-state index in [1.165, 1.54) is 13.2 Å². The topological polar surface area (TPSA) is 49.8 Å². The Labute approximate surface area is 120 Å². The molecule has 0 aromatic heterocycles. The zero-order valence-corrected chi connectivity index (χ0v) is 11.4. The number of nitrogens with zero attached hydrogens (tertiary/aromatic N) is 1. The Bertz CT molecular complexity index is 518. The smallest absolute Gasteiger partial charge is 0.416 e. The highest BCUT2D eigenvalue weighted by molar-refractivity contribution is 5.76. The van der Waals surface area contributed by atoms with E-state index in [4.69, 9.17) is 0 Å². The Morgan fingerprint density at radius 2 is 2.19 bits per heavy atom. The fraction of sp³-hybridized carbons (Fsp3) is 0.500. The van der Waals surface area contributed by atoms with Crippen molar-refractivity contribution in [3.63, 3.8) is 0 Å². The van der Waals surface area contributed by atoms with E-state index in [9.17, 15) is 23.1 Å². The molecule has 0 bridgehead atoms. The fourth-order valence-corrected chi connectivity index (χ4v) is 2.52. The minimum Gasteiger partial charge on any atom is -0.468 e. The Kier molecular flexibility index (Phi) is 4.53. The van der Waals surface area contributed by atoms with Crippen molar-refractivity contribution in [3.8, 4) is 0 Å². The maximum absolute atomic E-state index is 12.7. The molecule has 4 nitrogen and oxygen atoms in total. The number of β-amino-alcohol motifs (C(OH)–C–C–N with tert-alkyl or cyclic N) is 1. The number of likely N-dealkylation sites (tertiary alicyclic amines) is 1. The summed E-state index contributed by atoms with van der Waals surface area (Å²) in [6.45, 7) is 0.386. The number of hydrogen-bond donors (Lipinski definition) is 1. The summed E-state index contributed by atoms with van der Waals surface area (Å²) in [5.41, 5.74) is -0.290. The second kappa shape index (κ2) is 6.03. The van der Waals surface area contributed by atoms with E-state index >= 15 is 0 Å². The minimum absolute atomic E-state index is 0.154. The Morgan fingerprint density at radius 3 is 2.81 bits per heavy atom. The van der Waals surface area contributed by atoms with Crippen molar-refractivity contribution >= 4 is 5.97 Å². The molecule has 116 valence electrons. The molecule has 0 aliphatic carbocycles. The molecule has 0 spiro atoms. The number of aliphatic hydroxyl groups is 1. The first-order chi connectivity index (χ1) is 9.81. The van der Waals surface area contributed by atoms with Crippen LogP contribution < -0.4 is 0 Å². The van der Waals surface area contributed by atoms with Gasteiger partial charge in [0.2, 0.25) is 0 Å². The van der Waals surface area contributed by atoms with Gasteiger partial charge in [-0.15, -0.1) is 0 Å². The van der Waals surface area contributed by atoms with Crippen molar-refractivity contribution in [2.75, 3.05) is 13.7 Å². The molecule has 0 saturated carbocycles. The lowest BCUT2D eigenvalue weighted by molar-refractivity contribution is -0.146. The number of benzene rings is 1. The van der Waals surface area contributed by atoms with Crippen LogP contribution in [-0.2, 0) is 22.3 Å². The lowest BCUT2D eigenvalue weighted by Gasteiger charge is -2.22. The van der Waals surface area contributed by atoms with Crippen molar-refractivity contribution in [2.24, 2.45) is 0 Å². The molecule has 1 fully saturated rings. The first-order valence-electron chi connectivity index (χ1n) is 6.47. The van der Waals surface area contributed by atoms with Crippen LogP contribution in [0.5, 0.6) is 0 Å². The monoisotopic (exact) mass is 303 g/mol. The van der Waals surface area contributed by atoms with Gasteiger partial charge in [0.1, 0.15) is 6.04 Å². The van der Waals surface area contributed by atoms with Crippen LogP contribution >= 0.6 is 0 Å². The van der Waals surface area contributed by atoms with E-state index < -0.39 is 29.9 Å². The molecule has 2 atom stereocenters. The summed E-state index contributed by atoms with van der Waals surface area (Å²) < 4.78 is 42.7. The minimum atomic E-state index is -4.40. The van der Waals surface area contributed by atoms with Gasteiger partial charge in [-0.05, 0) is 11.6 Å². The molecule has 1 saturated heterocycles. The predicted octanol–water partition coefficient (Wildman–Crippen LogP) is 1.81. The average Bonchev–Trinajstić information content (AvgIpc) is 2.78. The summed E-state index contributed by atoms with van der Waals surface area (Å²) in [4.78, 5) is 13.3. The van der Waals surface area contributed by atoms with Gasteiger partial charge in [-0.2, -0.15) is 13.2 Å². The molecule has 1 aromatic carbocycles. The van der Waals surface area contributed by atoms with E-state index in [0.717, 1.165) is 12.1 Å². The molecule has 0 amide bonds. The van der Waals surface area contributed by atoms with Crippen LogP contribution in [0.1, 0.15) is 17.5 Å². The quantitative estimate of drug-likeness (QED) is 0.865. The number of esters is 1. The molecule has 7 heteroatoms. The number of hydrogen-bond acceptors (Lipinski definition) is 4. The van der Waals surface area contributed by atoms with Gasteiger partial charge in [0.25, 0.3) is 0 Å². The third-order valence-corrected chi connectivity index (χ3v) is 3.49. The van der Waals surface area contributed by atoms with E-state index in [1.807, 2.05) is 0 Å². The number of alkyl halides is 3. The highest BCUT2D eigenvalue weighted by Crippen LogP contribution is 2.30. The maximum atomic E-state index is 12.7. The number of carbonyl (C=O) groups is 1. The summed E-state index contributed by atoms with van der Waals surface area (Å²) in [6.07, 6.45) is -4.85. The van der Waals surface area contributed by atoms with E-state index in [2.05, 4.69) is 4.74 Å². The van der Waals surface area contributed by atoms with E-state index in [1.54, 1.807) is 11.0 Å². The fourth-order valence-electron chi connectivity index (χ4n) is 2.52. The Hall–Kier alpha value is -1.60. The molecular formula is C14H16F3NO3. The molecule has 1 N–H and O–H groups in total. The van der Waals surface area contributed by atoms with Crippen LogP contribution in [0, 0.1) is 0 Å². The lowest BCUT2D eigenvalue weighted by Crippen LogP contribution is -2.36. The Balaban J connectivity index is 2.15. The maximum Gasteiger partial charge on any atom is 0.416 e. The summed E-state index contributed by atoms with van der Waals surface area (Å²) >= 11 is 0. The molecule has 1 aromatic rings. The average molecular weight is 303 g/mol. The zero-order chi connectivity index (χ0) is 15.6. The van der Waals surface area contributed by atoms with E-state index in [-0.39, 0.29) is 19.5 Å². The summed E-state index contributed by atoms with van der Waals surface area (Å²) in [6, 6.07) is 4.32. The summed E-state index contributed by atoms with van der Waals surface area (Å²) in [7, 11) is 1.25. The first kappa shape index (κ1) is 15.8. The molecule has 2 rings (SSSR count). The third-order valence-electron chi connectivity index (χ3n) is 3.49. The standard InChI is InChI=1S/C14H16F3NO3/c1-21-13(20)12-6-11(19)8-18(12)7-9-3-2-4-10(5-9)14(15,16)17/h2-5,11-12,19H,6-8H2,1H3/t11-,12-/m1/s1. The van der Waals surface area contributed by atoms with Gasteiger partial charge in [-0.3, -0.25) is 9.69 Å². The van der Waals surface area contributed by atoms with Crippen LogP contribution in [-0.4, -0.2) is 41.8 Å². The lowest BCUT2D eigenvalue weighted by atomic mass is 10.1. The first-order valence-corrected chi connectivity index (χ1v) is 6.47. The van der Waals surface area contributed by atoms with Crippen LogP contribution in [0.15, 0.2) is 24.3 Å². The highest BCUT2D eigenvalue weighted by atomic mass is 19.4. The largest absolute Gasteiger partial charge is 0.468 e. The van der Waals surface area contributed by atoms with Crippen LogP contribution in [0.4, 0.5) is 13.2 Å². The normalized spacial score (nSPS) is 23.3. The number of rotatable bonds is 3. The molecular weight excluding hydrogens is 287 g/mol. The van der Waals surface area contributed by atoms with Crippen molar-refractivity contribution in [3.05, 3.63) is 35.4 Å². The molecule has 1 aliphatic heterocycles. The predicted molar refractivity (Wildman–Crippen MR) is 68.3 cm³/mol. The van der Waals surface area contributed by atoms with Crippen LogP contribution in [0.25, 0.3) is 0 Å². The zero-order valence-electron chi connectivity index (χ0n) is 11.4. The van der Waals surface area contributed by atoms with Crippen LogP contribution in [0.3, 0.4) is 0 Å². The van der Waals surface area contributed by atoms with Crippen molar-refractivity contribution in [2.45, 2.75) is 31.3 Å². The number of carbonyl (C=O) groups excluding carboxylic acids is 1. The van der Waals surface area contributed by atoms with E-state index in [0.29, 0.717) is 5.56 Å². The van der Waals surface area contributed by atoms with Crippen molar-refractivity contribution in [1.82, 2.24) is 4.90 Å². The number of ether oxygens (including phenoxy) is 1. The van der Waals surface area contributed by atoms with Gasteiger partial charge in [-0.1, -0.05) is 18.2 Å². The molecule has 1 heterocycles. The molecule has 1 aliphatic rings. The number of aliphatic hydroxyl groups excluding tert-OH is 1. The second-order valence-corrected chi connectivity index (χ2v) is 5.06. The van der Waals surface area contributed by atoms with Gasteiger partial charge in [0.15, 0.2) is 0 Å². The van der Waals surface area contributed by atoms with Crippen LogP contribution in [0.2, 0.25) is 0 Å². The molecule has 21 heavy (non-hydrogen) atoms. The Morgan fingerprint density at radius 1 is 1.48 bits per heavy atom. The van der Waals surface area contributed by atoms with Crippen molar-refractivity contribution < 1.29 is 27.8 Å². The number of methoxy groups -OCH3 is 1. The SMILES string of the molecule is COC(=O)[C@H]1C[C@@H](O)CN1Cc1cccc(C(F)(F)F)c1. The molecule has 0 radical (unpaired) electrons. The summed E-state index contributed by atoms with van der Waals surface area (Å²) in [5, 5.41) is 9.65. The summed E-state index contributed by atoms with van der Waals surface area (Å²) in [5.74, 6) is -0.487. The van der Waals surface area contributed by atoms with Gasteiger partial charge in [0.05, 0.1) is 18.8 Å². The highest BCUT2D eigenvalue weighted by Gasteiger charge is 2.37. The molecule has 0 unspecified atom stereocenters. The van der Waals surface area contributed by atoms with Gasteiger partial charge in [0, 0.05) is 19.5 Å². The van der Waals surface area contributed by atoms with Crippen molar-refractivity contribution in [1.29, 1.82) is 0 Å². The van der Waals surface area contributed by atoms with Gasteiger partial charge in [-0.25, -0.2) is 0 Å². The third kappa shape index (κ3) is 3.74. The number of halogens is 3. The van der Waals surface area contributed by atoms with Gasteiger partial charge >= 0.3 is 12.1 Å². The van der Waals surface area contributed by atoms with Gasteiger partial charge < -0.3 is 9.84 Å².